The number of ether oxygens (including phenoxy) is 3. The molecule has 5 rings (SSSR count). The van der Waals surface area contributed by atoms with E-state index in [2.05, 4.69) is 52.8 Å². The molecule has 0 spiro atoms. The van der Waals surface area contributed by atoms with Gasteiger partial charge in [-0.2, -0.15) is 0 Å². The van der Waals surface area contributed by atoms with E-state index in [0.29, 0.717) is 6.54 Å². The summed E-state index contributed by atoms with van der Waals surface area (Å²) in [5, 5.41) is 14.9. The number of amides is 2. The fourth-order valence-corrected chi connectivity index (χ4v) is 6.41. The Morgan fingerprint density at radius 1 is 0.851 bits per heavy atom. The second kappa shape index (κ2) is 17.4. The van der Waals surface area contributed by atoms with E-state index >= 15 is 0 Å². The van der Waals surface area contributed by atoms with E-state index in [1.165, 1.54) is 32.1 Å². The molecule has 47 heavy (non-hydrogen) atoms. The zero-order chi connectivity index (χ0) is 33.0. The van der Waals surface area contributed by atoms with Crippen molar-refractivity contribution in [1.29, 1.82) is 0 Å². The molecule has 9 heteroatoms. The van der Waals surface area contributed by atoms with Crippen molar-refractivity contribution in [2.24, 2.45) is 5.92 Å². The first-order valence-electron chi connectivity index (χ1n) is 17.0. The van der Waals surface area contributed by atoms with Crippen LogP contribution in [0.25, 0.3) is 11.1 Å². The van der Waals surface area contributed by atoms with E-state index < -0.39 is 18.3 Å². The van der Waals surface area contributed by atoms with Crippen LogP contribution in [0, 0.1) is 5.92 Å². The van der Waals surface area contributed by atoms with Crippen LogP contribution >= 0.6 is 0 Å². The van der Waals surface area contributed by atoms with Crippen LogP contribution < -0.4 is 10.6 Å². The summed E-state index contributed by atoms with van der Waals surface area (Å²) in [5.74, 6) is -0.335. The third-order valence-electron chi connectivity index (χ3n) is 9.08. The van der Waals surface area contributed by atoms with E-state index in [1.54, 1.807) is 6.92 Å². The van der Waals surface area contributed by atoms with Gasteiger partial charge < -0.3 is 34.9 Å². The van der Waals surface area contributed by atoms with Gasteiger partial charge in [0.1, 0.15) is 6.54 Å². The molecule has 2 aliphatic rings. The number of aliphatic hydroxyl groups excluding tert-OH is 1. The number of likely N-dealkylation sites (tertiary alicyclic amines) is 1. The highest BCUT2D eigenvalue weighted by Gasteiger charge is 2.39. The van der Waals surface area contributed by atoms with Crippen molar-refractivity contribution in [3.63, 3.8) is 0 Å². The minimum Gasteiger partial charge on any atom is -0.465 e. The van der Waals surface area contributed by atoms with Gasteiger partial charge in [-0.15, -0.1) is 0 Å². The summed E-state index contributed by atoms with van der Waals surface area (Å²) in [4.78, 5) is 26.3. The first-order valence-corrected chi connectivity index (χ1v) is 17.0. The third kappa shape index (κ3) is 9.87. The fraction of sp³-hybridized carbons (Fsp3) is 0.474. The summed E-state index contributed by atoms with van der Waals surface area (Å²) < 4.78 is 18.4. The van der Waals surface area contributed by atoms with Crippen molar-refractivity contribution in [2.75, 3.05) is 32.8 Å². The van der Waals surface area contributed by atoms with Gasteiger partial charge in [0.25, 0.3) is 0 Å². The van der Waals surface area contributed by atoms with Crippen LogP contribution in [0.2, 0.25) is 0 Å². The standard InChI is InChI=1S/C38H49N3O6/c1-3-45-35(43)24-40-38(44)39-23-29-11-9-12-31(21-29)32-13-10-14-33(22-32)37-46-34(25-41-19-7-5-4-6-8-20-41)27(2)36(47-37)30-17-15-28(26-42)16-18-30/h9-18,21-22,27,34,36-37,42H,3-8,19-20,23-26H2,1-2H3,(H2,39,40,44). The number of esters is 1. The molecule has 0 aliphatic carbocycles. The van der Waals surface area contributed by atoms with Crippen LogP contribution in [-0.4, -0.2) is 60.9 Å². The van der Waals surface area contributed by atoms with Crippen molar-refractivity contribution >= 4 is 12.0 Å². The number of carbonyl (C=O) groups is 2. The molecule has 0 radical (unpaired) electrons. The van der Waals surface area contributed by atoms with Gasteiger partial charge in [-0.3, -0.25) is 4.79 Å². The molecule has 2 heterocycles. The molecule has 2 amide bonds. The van der Waals surface area contributed by atoms with Gasteiger partial charge in [0.15, 0.2) is 6.29 Å². The highest BCUT2D eigenvalue weighted by molar-refractivity contribution is 5.80. The van der Waals surface area contributed by atoms with E-state index in [9.17, 15) is 14.7 Å². The topological polar surface area (TPSA) is 109 Å². The normalized spacial score (nSPS) is 22.1. The summed E-state index contributed by atoms with van der Waals surface area (Å²) in [6.07, 6.45) is 5.64. The molecule has 0 bridgehead atoms. The molecule has 3 aromatic rings. The number of nitrogens with one attached hydrogen (secondary N) is 2. The number of urea groups is 1. The molecule has 0 saturated carbocycles. The number of hydrogen-bond donors (Lipinski definition) is 3. The monoisotopic (exact) mass is 643 g/mol. The van der Waals surface area contributed by atoms with Gasteiger partial charge in [0.05, 0.1) is 25.4 Å². The molecule has 0 aromatic heterocycles. The molecule has 3 N–H and O–H groups in total. The maximum Gasteiger partial charge on any atom is 0.325 e. The Morgan fingerprint density at radius 2 is 1.55 bits per heavy atom. The number of aliphatic hydroxyl groups is 1. The minimum atomic E-state index is -0.540. The molecule has 4 unspecified atom stereocenters. The Kier molecular flexibility index (Phi) is 12.8. The Balaban J connectivity index is 1.32. The number of carbonyl (C=O) groups excluding carboxylic acids is 2. The summed E-state index contributed by atoms with van der Waals surface area (Å²) in [5.41, 5.74) is 5.87. The molecular formula is C38H49N3O6. The van der Waals surface area contributed by atoms with Crippen LogP contribution in [0.5, 0.6) is 0 Å². The highest BCUT2D eigenvalue weighted by atomic mass is 16.7. The first kappa shape index (κ1) is 34.6. The molecule has 2 saturated heterocycles. The van der Waals surface area contributed by atoms with Crippen molar-refractivity contribution < 1.29 is 28.9 Å². The van der Waals surface area contributed by atoms with E-state index in [4.69, 9.17) is 14.2 Å². The molecule has 3 aromatic carbocycles. The van der Waals surface area contributed by atoms with E-state index in [1.807, 2.05) is 42.5 Å². The molecule has 2 aliphatic heterocycles. The maximum absolute atomic E-state index is 12.2. The second-order valence-corrected chi connectivity index (χ2v) is 12.6. The minimum absolute atomic E-state index is 0.0104. The predicted octanol–water partition coefficient (Wildman–Crippen LogP) is 6.27. The summed E-state index contributed by atoms with van der Waals surface area (Å²) in [7, 11) is 0. The average Bonchev–Trinajstić information content (AvgIpc) is 3.08. The number of benzene rings is 3. The first-order chi connectivity index (χ1) is 22.9. The average molecular weight is 644 g/mol. The fourth-order valence-electron chi connectivity index (χ4n) is 6.41. The number of rotatable bonds is 11. The maximum atomic E-state index is 12.2. The lowest BCUT2D eigenvalue weighted by Gasteiger charge is -2.43. The second-order valence-electron chi connectivity index (χ2n) is 12.6. The van der Waals surface area contributed by atoms with Gasteiger partial charge in [-0.25, -0.2) is 4.79 Å². The zero-order valence-corrected chi connectivity index (χ0v) is 27.7. The lowest BCUT2D eigenvalue weighted by Crippen LogP contribution is -2.45. The summed E-state index contributed by atoms with van der Waals surface area (Å²) in [6, 6.07) is 23.9. The molecule has 252 valence electrons. The third-order valence-corrected chi connectivity index (χ3v) is 9.08. The van der Waals surface area contributed by atoms with Gasteiger partial charge in [-0.1, -0.05) is 86.8 Å². The highest BCUT2D eigenvalue weighted by Crippen LogP contribution is 2.42. The Labute approximate surface area is 278 Å². The molecule has 4 atom stereocenters. The van der Waals surface area contributed by atoms with Crippen LogP contribution in [-0.2, 0) is 32.2 Å². The van der Waals surface area contributed by atoms with Gasteiger partial charge in [-0.05, 0) is 72.8 Å². The predicted molar refractivity (Wildman–Crippen MR) is 181 cm³/mol. The number of hydrogen-bond acceptors (Lipinski definition) is 7. The SMILES string of the molecule is CCOC(=O)CNC(=O)NCc1cccc(-c2cccc(C3OC(CN4CCCCCCC4)C(C)C(c4ccc(CO)cc4)O3)c2)c1. The molecule has 9 nitrogen and oxygen atoms in total. The lowest BCUT2D eigenvalue weighted by atomic mass is 9.89. The van der Waals surface area contributed by atoms with Crippen LogP contribution in [0.15, 0.2) is 72.8 Å². The number of nitrogens with zero attached hydrogens (tertiary/aromatic N) is 1. The smallest absolute Gasteiger partial charge is 0.325 e. The molecular weight excluding hydrogens is 594 g/mol. The van der Waals surface area contributed by atoms with E-state index in [-0.39, 0.29) is 37.9 Å². The summed E-state index contributed by atoms with van der Waals surface area (Å²) in [6.45, 7) is 7.43. The Bertz CT molecular complexity index is 1440. The summed E-state index contributed by atoms with van der Waals surface area (Å²) >= 11 is 0. The van der Waals surface area contributed by atoms with Crippen molar-refractivity contribution in [3.8, 4) is 11.1 Å². The Hall–Kier alpha value is -3.76. The van der Waals surface area contributed by atoms with Crippen LogP contribution in [0.4, 0.5) is 4.79 Å². The van der Waals surface area contributed by atoms with Crippen molar-refractivity contribution in [2.45, 2.75) is 77.6 Å². The molecule has 2 fully saturated rings. The van der Waals surface area contributed by atoms with Gasteiger partial charge in [0.2, 0.25) is 0 Å². The van der Waals surface area contributed by atoms with Crippen molar-refractivity contribution in [1.82, 2.24) is 15.5 Å². The quantitative estimate of drug-likeness (QED) is 0.212. The van der Waals surface area contributed by atoms with Crippen LogP contribution in [0.3, 0.4) is 0 Å². The van der Waals surface area contributed by atoms with Gasteiger partial charge >= 0.3 is 12.0 Å². The largest absolute Gasteiger partial charge is 0.465 e. The Morgan fingerprint density at radius 3 is 2.28 bits per heavy atom. The van der Waals surface area contributed by atoms with Crippen molar-refractivity contribution in [3.05, 3.63) is 95.1 Å². The van der Waals surface area contributed by atoms with Gasteiger partial charge in [0, 0.05) is 24.6 Å². The van der Waals surface area contributed by atoms with E-state index in [0.717, 1.165) is 53.0 Å². The zero-order valence-electron chi connectivity index (χ0n) is 27.7. The van der Waals surface area contributed by atoms with Crippen LogP contribution in [0.1, 0.15) is 80.6 Å². The lowest BCUT2D eigenvalue weighted by molar-refractivity contribution is -0.276.